The van der Waals surface area contributed by atoms with Crippen molar-refractivity contribution < 1.29 is 9.90 Å². The second kappa shape index (κ2) is 7.29. The van der Waals surface area contributed by atoms with Gasteiger partial charge in [0.1, 0.15) is 5.75 Å². The summed E-state index contributed by atoms with van der Waals surface area (Å²) in [5, 5.41) is 15.9. The molecule has 0 fully saturated rings. The van der Waals surface area contributed by atoms with Crippen LogP contribution in [0.2, 0.25) is 0 Å². The molecule has 20 heavy (non-hydrogen) atoms. The predicted molar refractivity (Wildman–Crippen MR) is 79.7 cm³/mol. The SMILES string of the molecule is CCCNC(=O)CCNC1CCCc2cc(O)ccc21. The van der Waals surface area contributed by atoms with E-state index in [1.54, 1.807) is 6.07 Å². The van der Waals surface area contributed by atoms with Crippen molar-refractivity contribution in [3.05, 3.63) is 29.3 Å². The van der Waals surface area contributed by atoms with Gasteiger partial charge in [0.2, 0.25) is 5.91 Å². The highest BCUT2D eigenvalue weighted by Gasteiger charge is 2.19. The van der Waals surface area contributed by atoms with Crippen LogP contribution in [0, 0.1) is 0 Å². The Morgan fingerprint density at radius 2 is 2.25 bits per heavy atom. The highest BCUT2D eigenvalue weighted by Crippen LogP contribution is 2.31. The summed E-state index contributed by atoms with van der Waals surface area (Å²) in [6.45, 7) is 3.50. The maximum absolute atomic E-state index is 11.5. The van der Waals surface area contributed by atoms with Crippen LogP contribution in [0.1, 0.15) is 49.8 Å². The summed E-state index contributed by atoms with van der Waals surface area (Å²) in [6, 6.07) is 5.90. The fourth-order valence-corrected chi connectivity index (χ4v) is 2.73. The molecule has 0 spiro atoms. The molecule has 1 atom stereocenters. The van der Waals surface area contributed by atoms with Crippen LogP contribution in [0.3, 0.4) is 0 Å². The minimum atomic E-state index is 0.112. The second-order valence-corrected chi connectivity index (χ2v) is 5.38. The Labute approximate surface area is 120 Å². The van der Waals surface area contributed by atoms with E-state index in [-0.39, 0.29) is 5.91 Å². The lowest BCUT2D eigenvalue weighted by molar-refractivity contribution is -0.121. The molecule has 1 unspecified atom stereocenters. The summed E-state index contributed by atoms with van der Waals surface area (Å²) in [6.07, 6.45) is 4.73. The number of hydrogen-bond acceptors (Lipinski definition) is 3. The summed E-state index contributed by atoms with van der Waals surface area (Å²) < 4.78 is 0. The largest absolute Gasteiger partial charge is 0.508 e. The molecule has 2 rings (SSSR count). The molecular weight excluding hydrogens is 252 g/mol. The molecule has 4 heteroatoms. The number of benzene rings is 1. The molecule has 1 aromatic carbocycles. The van der Waals surface area contributed by atoms with Gasteiger partial charge in [0, 0.05) is 25.6 Å². The number of carbonyl (C=O) groups excluding carboxylic acids is 1. The molecule has 110 valence electrons. The van der Waals surface area contributed by atoms with E-state index in [0.29, 0.717) is 24.8 Å². The molecule has 4 nitrogen and oxygen atoms in total. The predicted octanol–water partition coefficient (Wildman–Crippen LogP) is 2.28. The zero-order chi connectivity index (χ0) is 14.4. The van der Waals surface area contributed by atoms with E-state index in [1.807, 2.05) is 19.1 Å². The fraction of sp³-hybridized carbons (Fsp3) is 0.562. The van der Waals surface area contributed by atoms with Gasteiger partial charge in [0.15, 0.2) is 0 Å². The highest BCUT2D eigenvalue weighted by molar-refractivity contribution is 5.76. The van der Waals surface area contributed by atoms with Gasteiger partial charge < -0.3 is 15.7 Å². The Balaban J connectivity index is 1.84. The molecular formula is C16H24N2O2. The Morgan fingerprint density at radius 3 is 3.05 bits per heavy atom. The van der Waals surface area contributed by atoms with Gasteiger partial charge in [-0.05, 0) is 48.9 Å². The van der Waals surface area contributed by atoms with Gasteiger partial charge in [-0.3, -0.25) is 4.79 Å². The quantitative estimate of drug-likeness (QED) is 0.747. The third-order valence-electron chi connectivity index (χ3n) is 3.76. The average Bonchev–Trinajstić information content (AvgIpc) is 2.45. The van der Waals surface area contributed by atoms with Crippen molar-refractivity contribution in [1.82, 2.24) is 10.6 Å². The number of phenolic OH excluding ortho intramolecular Hbond substituents is 1. The molecule has 0 radical (unpaired) electrons. The molecule has 1 aliphatic carbocycles. The molecule has 0 saturated carbocycles. The zero-order valence-corrected chi connectivity index (χ0v) is 12.1. The lowest BCUT2D eigenvalue weighted by Crippen LogP contribution is -2.31. The van der Waals surface area contributed by atoms with Gasteiger partial charge in [-0.15, -0.1) is 0 Å². The van der Waals surface area contributed by atoms with Gasteiger partial charge in [0.25, 0.3) is 0 Å². The lowest BCUT2D eigenvalue weighted by Gasteiger charge is -2.26. The molecule has 0 bridgehead atoms. The van der Waals surface area contributed by atoms with Gasteiger partial charge >= 0.3 is 0 Å². The summed E-state index contributed by atoms with van der Waals surface area (Å²) >= 11 is 0. The molecule has 0 saturated heterocycles. The van der Waals surface area contributed by atoms with E-state index in [1.165, 1.54) is 11.1 Å². The van der Waals surface area contributed by atoms with Crippen LogP contribution in [-0.2, 0) is 11.2 Å². The Kier molecular flexibility index (Phi) is 5.41. The number of nitrogens with one attached hydrogen (secondary N) is 2. The normalized spacial score (nSPS) is 17.6. The van der Waals surface area contributed by atoms with Crippen molar-refractivity contribution in [3.8, 4) is 5.75 Å². The average molecular weight is 276 g/mol. The third kappa shape index (κ3) is 3.97. The summed E-state index contributed by atoms with van der Waals surface area (Å²) in [7, 11) is 0. The Bertz CT molecular complexity index is 460. The summed E-state index contributed by atoms with van der Waals surface area (Å²) in [5.41, 5.74) is 2.49. The van der Waals surface area contributed by atoms with E-state index >= 15 is 0 Å². The summed E-state index contributed by atoms with van der Waals surface area (Å²) in [5.74, 6) is 0.449. The van der Waals surface area contributed by atoms with Crippen molar-refractivity contribution in [3.63, 3.8) is 0 Å². The van der Waals surface area contributed by atoms with Crippen molar-refractivity contribution in [1.29, 1.82) is 0 Å². The molecule has 1 amide bonds. The molecule has 3 N–H and O–H groups in total. The van der Waals surface area contributed by atoms with Crippen molar-refractivity contribution in [2.45, 2.75) is 45.1 Å². The van der Waals surface area contributed by atoms with Gasteiger partial charge in [0.05, 0.1) is 0 Å². The first-order valence-electron chi connectivity index (χ1n) is 7.52. The molecule has 0 heterocycles. The first-order chi connectivity index (χ1) is 9.70. The van der Waals surface area contributed by atoms with E-state index in [9.17, 15) is 9.90 Å². The smallest absolute Gasteiger partial charge is 0.221 e. The summed E-state index contributed by atoms with van der Waals surface area (Å²) in [4.78, 5) is 11.5. The molecule has 0 aliphatic heterocycles. The minimum Gasteiger partial charge on any atom is -0.508 e. The van der Waals surface area contributed by atoms with Crippen LogP contribution in [0.4, 0.5) is 0 Å². The number of hydrogen-bond donors (Lipinski definition) is 3. The standard InChI is InChI=1S/C16H24N2O2/c1-2-9-18-16(20)8-10-17-15-5-3-4-12-11-13(19)6-7-14(12)15/h6-7,11,15,17,19H,2-5,8-10H2,1H3,(H,18,20). The number of rotatable bonds is 6. The Hall–Kier alpha value is -1.55. The Morgan fingerprint density at radius 1 is 1.40 bits per heavy atom. The van der Waals surface area contributed by atoms with Gasteiger partial charge in [-0.25, -0.2) is 0 Å². The van der Waals surface area contributed by atoms with Gasteiger partial charge in [-0.1, -0.05) is 13.0 Å². The maximum atomic E-state index is 11.5. The lowest BCUT2D eigenvalue weighted by atomic mass is 9.87. The number of phenols is 1. The number of carbonyl (C=O) groups is 1. The monoisotopic (exact) mass is 276 g/mol. The second-order valence-electron chi connectivity index (χ2n) is 5.38. The van der Waals surface area contributed by atoms with E-state index < -0.39 is 0 Å². The van der Waals surface area contributed by atoms with E-state index in [2.05, 4.69) is 10.6 Å². The van der Waals surface area contributed by atoms with Gasteiger partial charge in [-0.2, -0.15) is 0 Å². The number of aromatic hydroxyl groups is 1. The van der Waals surface area contributed by atoms with Crippen LogP contribution in [0.25, 0.3) is 0 Å². The van der Waals surface area contributed by atoms with Crippen LogP contribution >= 0.6 is 0 Å². The van der Waals surface area contributed by atoms with Crippen molar-refractivity contribution in [2.24, 2.45) is 0 Å². The topological polar surface area (TPSA) is 61.4 Å². The molecule has 1 aliphatic rings. The highest BCUT2D eigenvalue weighted by atomic mass is 16.3. The number of aryl methyl sites for hydroxylation is 1. The number of amides is 1. The fourth-order valence-electron chi connectivity index (χ4n) is 2.73. The van der Waals surface area contributed by atoms with E-state index in [0.717, 1.165) is 32.2 Å². The van der Waals surface area contributed by atoms with Crippen molar-refractivity contribution in [2.75, 3.05) is 13.1 Å². The van der Waals surface area contributed by atoms with Crippen LogP contribution in [0.5, 0.6) is 5.75 Å². The zero-order valence-electron chi connectivity index (χ0n) is 12.1. The third-order valence-corrected chi connectivity index (χ3v) is 3.76. The van der Waals surface area contributed by atoms with Crippen molar-refractivity contribution >= 4 is 5.91 Å². The first kappa shape index (κ1) is 14.9. The maximum Gasteiger partial charge on any atom is 0.221 e. The minimum absolute atomic E-state index is 0.112. The molecule has 1 aromatic rings. The van der Waals surface area contributed by atoms with Crippen LogP contribution in [0.15, 0.2) is 18.2 Å². The first-order valence-corrected chi connectivity index (χ1v) is 7.52. The van der Waals surface area contributed by atoms with Crippen LogP contribution < -0.4 is 10.6 Å². The number of fused-ring (bicyclic) bond motifs is 1. The van der Waals surface area contributed by atoms with Crippen LogP contribution in [-0.4, -0.2) is 24.1 Å². The molecule has 0 aromatic heterocycles. The van der Waals surface area contributed by atoms with E-state index in [4.69, 9.17) is 0 Å².